The molecule has 3 rings (SSSR count). The minimum atomic E-state index is -0.533. The lowest BCUT2D eigenvalue weighted by atomic mass is 10.0. The fourth-order valence-electron chi connectivity index (χ4n) is 3.92. The molecule has 3 atom stereocenters. The number of methoxy groups -OCH3 is 2. The molecule has 4 heteroatoms. The van der Waals surface area contributed by atoms with Crippen molar-refractivity contribution in [2.24, 2.45) is 11.8 Å². The fourth-order valence-corrected chi connectivity index (χ4v) is 3.92. The minimum Gasteiger partial charge on any atom is -0.497 e. The molecule has 1 N–H and O–H groups in total. The van der Waals surface area contributed by atoms with Crippen LogP contribution in [-0.4, -0.2) is 43.9 Å². The van der Waals surface area contributed by atoms with E-state index in [9.17, 15) is 5.11 Å². The lowest BCUT2D eigenvalue weighted by Crippen LogP contribution is -2.27. The number of β-amino-alcohol motifs (C(OH)–C–C–N with tert-alkyl or cyclic N) is 1. The number of nitrogens with zero attached hydrogens (tertiary/aromatic N) is 1. The SMILES string of the molecule is COc1ccc(OC)c(C(O)CN2CC3CCCC3C2)c1. The number of rotatable bonds is 5. The molecule has 1 heterocycles. The lowest BCUT2D eigenvalue weighted by Gasteiger charge is -2.22. The molecule has 2 fully saturated rings. The quantitative estimate of drug-likeness (QED) is 0.905. The van der Waals surface area contributed by atoms with Crippen LogP contribution in [0.5, 0.6) is 11.5 Å². The summed E-state index contributed by atoms with van der Waals surface area (Å²) in [5, 5.41) is 10.6. The van der Waals surface area contributed by atoms with E-state index < -0.39 is 6.10 Å². The Hall–Kier alpha value is -1.26. The molecule has 0 bridgehead atoms. The number of aliphatic hydroxyl groups excluding tert-OH is 1. The van der Waals surface area contributed by atoms with Crippen LogP contribution in [0, 0.1) is 11.8 Å². The van der Waals surface area contributed by atoms with E-state index in [0.29, 0.717) is 6.54 Å². The Kier molecular flexibility index (Phi) is 4.36. The molecule has 3 unspecified atom stereocenters. The van der Waals surface area contributed by atoms with Crippen LogP contribution in [-0.2, 0) is 0 Å². The summed E-state index contributed by atoms with van der Waals surface area (Å²) in [6, 6.07) is 5.59. The van der Waals surface area contributed by atoms with E-state index in [1.807, 2.05) is 18.2 Å². The zero-order valence-corrected chi connectivity index (χ0v) is 12.9. The number of benzene rings is 1. The first-order valence-electron chi connectivity index (χ1n) is 7.83. The zero-order chi connectivity index (χ0) is 14.8. The number of hydrogen-bond acceptors (Lipinski definition) is 4. The normalized spacial score (nSPS) is 26.6. The predicted molar refractivity (Wildman–Crippen MR) is 81.8 cm³/mol. The Morgan fingerprint density at radius 2 is 1.90 bits per heavy atom. The molecule has 0 amide bonds. The minimum absolute atomic E-state index is 0.533. The summed E-state index contributed by atoms with van der Waals surface area (Å²) in [5.41, 5.74) is 0.814. The van der Waals surface area contributed by atoms with Crippen molar-refractivity contribution in [2.75, 3.05) is 33.9 Å². The third-order valence-electron chi connectivity index (χ3n) is 5.03. The van der Waals surface area contributed by atoms with Crippen LogP contribution in [0.4, 0.5) is 0 Å². The van der Waals surface area contributed by atoms with Crippen LogP contribution in [0.2, 0.25) is 0 Å². The van der Waals surface area contributed by atoms with Gasteiger partial charge in [-0.05, 0) is 42.9 Å². The Bertz CT molecular complexity index is 479. The van der Waals surface area contributed by atoms with Crippen molar-refractivity contribution in [3.05, 3.63) is 23.8 Å². The Morgan fingerprint density at radius 3 is 2.52 bits per heavy atom. The van der Waals surface area contributed by atoms with Gasteiger partial charge in [0, 0.05) is 25.2 Å². The predicted octanol–water partition coefficient (Wildman–Crippen LogP) is 2.47. The molecule has 1 aliphatic carbocycles. The van der Waals surface area contributed by atoms with Gasteiger partial charge in [0.05, 0.1) is 20.3 Å². The van der Waals surface area contributed by atoms with Crippen molar-refractivity contribution < 1.29 is 14.6 Å². The average molecular weight is 291 g/mol. The van der Waals surface area contributed by atoms with Gasteiger partial charge in [-0.15, -0.1) is 0 Å². The second-order valence-electron chi connectivity index (χ2n) is 6.29. The molecule has 1 aliphatic heterocycles. The Balaban J connectivity index is 1.68. The molecule has 0 aromatic heterocycles. The van der Waals surface area contributed by atoms with E-state index >= 15 is 0 Å². The maximum absolute atomic E-state index is 10.6. The van der Waals surface area contributed by atoms with Gasteiger partial charge in [0.25, 0.3) is 0 Å². The molecule has 4 nitrogen and oxygen atoms in total. The average Bonchev–Trinajstić information content (AvgIpc) is 3.07. The third kappa shape index (κ3) is 3.01. The first kappa shape index (κ1) is 14.7. The maximum atomic E-state index is 10.6. The number of ether oxygens (including phenoxy) is 2. The molecule has 1 saturated carbocycles. The highest BCUT2D eigenvalue weighted by Crippen LogP contribution is 2.39. The molecule has 1 aromatic rings. The van der Waals surface area contributed by atoms with Crippen LogP contribution in [0.25, 0.3) is 0 Å². The van der Waals surface area contributed by atoms with Crippen LogP contribution in [0.1, 0.15) is 30.9 Å². The summed E-state index contributed by atoms with van der Waals surface area (Å²) < 4.78 is 10.6. The van der Waals surface area contributed by atoms with Gasteiger partial charge in [0.15, 0.2) is 0 Å². The molecule has 1 aromatic carbocycles. The van der Waals surface area contributed by atoms with E-state index in [2.05, 4.69) is 4.90 Å². The van der Waals surface area contributed by atoms with Crippen molar-refractivity contribution in [1.29, 1.82) is 0 Å². The maximum Gasteiger partial charge on any atom is 0.124 e. The molecule has 21 heavy (non-hydrogen) atoms. The largest absolute Gasteiger partial charge is 0.497 e. The molecule has 1 saturated heterocycles. The van der Waals surface area contributed by atoms with Crippen molar-refractivity contribution in [1.82, 2.24) is 4.90 Å². The van der Waals surface area contributed by atoms with E-state index in [0.717, 1.165) is 42.0 Å². The van der Waals surface area contributed by atoms with Gasteiger partial charge in [0.2, 0.25) is 0 Å². The molecule has 0 radical (unpaired) electrons. The summed E-state index contributed by atoms with van der Waals surface area (Å²) in [5.74, 6) is 3.18. The van der Waals surface area contributed by atoms with Gasteiger partial charge < -0.3 is 14.6 Å². The summed E-state index contributed by atoms with van der Waals surface area (Å²) >= 11 is 0. The second-order valence-corrected chi connectivity index (χ2v) is 6.29. The van der Waals surface area contributed by atoms with E-state index in [1.54, 1.807) is 14.2 Å². The van der Waals surface area contributed by atoms with Gasteiger partial charge in [0.1, 0.15) is 11.5 Å². The topological polar surface area (TPSA) is 41.9 Å². The number of fused-ring (bicyclic) bond motifs is 1. The first-order valence-corrected chi connectivity index (χ1v) is 7.83. The van der Waals surface area contributed by atoms with E-state index in [1.165, 1.54) is 19.3 Å². The van der Waals surface area contributed by atoms with Crippen molar-refractivity contribution in [2.45, 2.75) is 25.4 Å². The van der Waals surface area contributed by atoms with Crippen LogP contribution >= 0.6 is 0 Å². The summed E-state index contributed by atoms with van der Waals surface area (Å²) in [7, 11) is 3.28. The molecule has 2 aliphatic rings. The highest BCUT2D eigenvalue weighted by atomic mass is 16.5. The van der Waals surface area contributed by atoms with Crippen LogP contribution < -0.4 is 9.47 Å². The van der Waals surface area contributed by atoms with E-state index in [-0.39, 0.29) is 0 Å². The number of hydrogen-bond donors (Lipinski definition) is 1. The summed E-state index contributed by atoms with van der Waals surface area (Å²) in [4.78, 5) is 2.40. The fraction of sp³-hybridized carbons (Fsp3) is 0.647. The smallest absolute Gasteiger partial charge is 0.124 e. The molecular formula is C17H25NO3. The molecular weight excluding hydrogens is 266 g/mol. The standard InChI is InChI=1S/C17H25NO3/c1-20-14-6-7-17(21-2)15(8-14)16(19)11-18-9-12-4-3-5-13(12)10-18/h6-8,12-13,16,19H,3-5,9-11H2,1-2H3. The van der Waals surface area contributed by atoms with Crippen molar-refractivity contribution in [3.8, 4) is 11.5 Å². The monoisotopic (exact) mass is 291 g/mol. The summed E-state index contributed by atoms with van der Waals surface area (Å²) in [6.07, 6.45) is 3.57. The van der Waals surface area contributed by atoms with Crippen LogP contribution in [0.15, 0.2) is 18.2 Å². The van der Waals surface area contributed by atoms with Crippen molar-refractivity contribution >= 4 is 0 Å². The van der Waals surface area contributed by atoms with Gasteiger partial charge in [-0.2, -0.15) is 0 Å². The van der Waals surface area contributed by atoms with Gasteiger partial charge in [-0.1, -0.05) is 6.42 Å². The highest BCUT2D eigenvalue weighted by Gasteiger charge is 2.36. The Labute approximate surface area is 126 Å². The first-order chi connectivity index (χ1) is 10.2. The zero-order valence-electron chi connectivity index (χ0n) is 12.9. The van der Waals surface area contributed by atoms with E-state index in [4.69, 9.17) is 9.47 Å². The second kappa shape index (κ2) is 6.24. The molecule has 0 spiro atoms. The van der Waals surface area contributed by atoms with Crippen LogP contribution in [0.3, 0.4) is 0 Å². The van der Waals surface area contributed by atoms with Gasteiger partial charge in [-0.25, -0.2) is 0 Å². The Morgan fingerprint density at radius 1 is 1.19 bits per heavy atom. The van der Waals surface area contributed by atoms with Gasteiger partial charge in [-0.3, -0.25) is 4.90 Å². The third-order valence-corrected chi connectivity index (χ3v) is 5.03. The highest BCUT2D eigenvalue weighted by molar-refractivity contribution is 5.41. The lowest BCUT2D eigenvalue weighted by molar-refractivity contribution is 0.119. The summed E-state index contributed by atoms with van der Waals surface area (Å²) in [6.45, 7) is 2.94. The number of aliphatic hydroxyl groups is 1. The molecule has 116 valence electrons. The van der Waals surface area contributed by atoms with Gasteiger partial charge >= 0.3 is 0 Å². The van der Waals surface area contributed by atoms with Crippen molar-refractivity contribution in [3.63, 3.8) is 0 Å². The number of likely N-dealkylation sites (tertiary alicyclic amines) is 1.